The van der Waals surface area contributed by atoms with E-state index < -0.39 is 0 Å². The van der Waals surface area contributed by atoms with Crippen molar-refractivity contribution in [2.24, 2.45) is 0 Å². The Morgan fingerprint density at radius 2 is 1.75 bits per heavy atom. The van der Waals surface area contributed by atoms with Gasteiger partial charge < -0.3 is 20.3 Å². The molecular weight excluding hydrogens is 302 g/mol. The van der Waals surface area contributed by atoms with Crippen molar-refractivity contribution in [2.45, 2.75) is 6.42 Å². The molecule has 24 heavy (non-hydrogen) atoms. The van der Waals surface area contributed by atoms with E-state index >= 15 is 0 Å². The number of benzene rings is 2. The maximum Gasteiger partial charge on any atom is 0.238 e. The van der Waals surface area contributed by atoms with Gasteiger partial charge in [-0.05, 0) is 57.9 Å². The number of para-hydroxylation sites is 3. The van der Waals surface area contributed by atoms with Crippen LogP contribution in [0.4, 0.5) is 5.69 Å². The largest absolute Gasteiger partial charge is 0.455 e. The predicted octanol–water partition coefficient (Wildman–Crippen LogP) is 2.96. The molecule has 0 saturated carbocycles. The molecule has 0 bridgehead atoms. The lowest BCUT2D eigenvalue weighted by molar-refractivity contribution is -0.115. The highest BCUT2D eigenvalue weighted by Crippen LogP contribution is 2.28. The molecule has 0 aliphatic heterocycles. The lowest BCUT2D eigenvalue weighted by Gasteiger charge is -2.13. The van der Waals surface area contributed by atoms with Gasteiger partial charge in [-0.15, -0.1) is 0 Å². The molecule has 0 saturated heterocycles. The topological polar surface area (TPSA) is 53.6 Å². The molecule has 0 aliphatic rings. The number of nitrogens with one attached hydrogen (secondary N) is 2. The molecule has 0 radical (unpaired) electrons. The third-order valence-electron chi connectivity index (χ3n) is 3.38. The molecule has 1 amide bonds. The van der Waals surface area contributed by atoms with E-state index in [1.54, 1.807) is 0 Å². The van der Waals surface area contributed by atoms with Crippen LogP contribution < -0.4 is 15.4 Å². The first-order valence-electron chi connectivity index (χ1n) is 8.12. The lowest BCUT2D eigenvalue weighted by Crippen LogP contribution is -2.30. The van der Waals surface area contributed by atoms with Crippen LogP contribution in [-0.4, -0.2) is 44.5 Å². The van der Waals surface area contributed by atoms with Crippen LogP contribution in [0.2, 0.25) is 0 Å². The summed E-state index contributed by atoms with van der Waals surface area (Å²) >= 11 is 0. The van der Waals surface area contributed by atoms with Crippen molar-refractivity contribution in [1.29, 1.82) is 0 Å². The molecule has 0 spiro atoms. The fraction of sp³-hybridized carbons (Fsp3) is 0.316. The molecule has 0 fully saturated rings. The Morgan fingerprint density at radius 3 is 2.50 bits per heavy atom. The van der Waals surface area contributed by atoms with Crippen molar-refractivity contribution in [2.75, 3.05) is 39.0 Å². The van der Waals surface area contributed by atoms with E-state index in [9.17, 15) is 4.79 Å². The Balaban J connectivity index is 1.84. The zero-order valence-corrected chi connectivity index (χ0v) is 14.3. The molecule has 2 N–H and O–H groups in total. The minimum Gasteiger partial charge on any atom is -0.455 e. The summed E-state index contributed by atoms with van der Waals surface area (Å²) in [6.45, 7) is 2.10. The number of amides is 1. The molecule has 0 atom stereocenters. The van der Waals surface area contributed by atoms with Crippen molar-refractivity contribution in [3.63, 3.8) is 0 Å². The summed E-state index contributed by atoms with van der Waals surface area (Å²) < 4.78 is 5.84. The van der Waals surface area contributed by atoms with Gasteiger partial charge in [0.2, 0.25) is 5.91 Å². The van der Waals surface area contributed by atoms with Gasteiger partial charge in [0.15, 0.2) is 5.75 Å². The lowest BCUT2D eigenvalue weighted by atomic mass is 10.3. The van der Waals surface area contributed by atoms with Crippen LogP contribution in [0.25, 0.3) is 0 Å². The first-order chi connectivity index (χ1) is 11.6. The Hall–Kier alpha value is -2.37. The molecular formula is C19H25N3O2. The molecule has 5 nitrogen and oxygen atoms in total. The van der Waals surface area contributed by atoms with E-state index in [4.69, 9.17) is 4.74 Å². The fourth-order valence-corrected chi connectivity index (χ4v) is 2.19. The minimum absolute atomic E-state index is 0.0797. The van der Waals surface area contributed by atoms with Crippen LogP contribution in [0.1, 0.15) is 6.42 Å². The third kappa shape index (κ3) is 6.40. The predicted molar refractivity (Wildman–Crippen MR) is 97.6 cm³/mol. The Labute approximate surface area is 143 Å². The molecule has 0 heterocycles. The molecule has 2 rings (SSSR count). The zero-order valence-electron chi connectivity index (χ0n) is 14.3. The average molecular weight is 327 g/mol. The second-order valence-electron chi connectivity index (χ2n) is 5.79. The van der Waals surface area contributed by atoms with Gasteiger partial charge in [-0.3, -0.25) is 4.79 Å². The van der Waals surface area contributed by atoms with Crippen LogP contribution in [0.3, 0.4) is 0 Å². The molecule has 128 valence electrons. The van der Waals surface area contributed by atoms with E-state index in [0.717, 1.165) is 25.3 Å². The van der Waals surface area contributed by atoms with Crippen molar-refractivity contribution in [1.82, 2.24) is 10.2 Å². The molecule has 0 unspecified atom stereocenters. The summed E-state index contributed by atoms with van der Waals surface area (Å²) in [5.41, 5.74) is 0.668. The smallest absolute Gasteiger partial charge is 0.238 e. The standard InChI is InChI=1S/C19H25N3O2/c1-22(2)14-8-13-20-15-19(23)21-17-11-6-7-12-18(17)24-16-9-4-3-5-10-16/h3-7,9-12,20H,8,13-15H2,1-2H3,(H,21,23). The third-order valence-corrected chi connectivity index (χ3v) is 3.38. The van der Waals surface area contributed by atoms with Crippen LogP contribution >= 0.6 is 0 Å². The molecule has 0 aromatic heterocycles. The number of hydrogen-bond acceptors (Lipinski definition) is 4. The quantitative estimate of drug-likeness (QED) is 0.695. The normalized spacial score (nSPS) is 10.6. The second-order valence-corrected chi connectivity index (χ2v) is 5.79. The van der Waals surface area contributed by atoms with Gasteiger partial charge in [0.05, 0.1) is 12.2 Å². The Kier molecular flexibility index (Phi) is 7.26. The van der Waals surface area contributed by atoms with Gasteiger partial charge in [0.1, 0.15) is 5.75 Å². The number of anilines is 1. The summed E-state index contributed by atoms with van der Waals surface area (Å²) in [4.78, 5) is 14.2. The maximum absolute atomic E-state index is 12.1. The Morgan fingerprint density at radius 1 is 1.04 bits per heavy atom. The SMILES string of the molecule is CN(C)CCCNCC(=O)Nc1ccccc1Oc1ccccc1. The van der Waals surface area contributed by atoms with Gasteiger partial charge in [-0.1, -0.05) is 30.3 Å². The fourth-order valence-electron chi connectivity index (χ4n) is 2.19. The van der Waals surface area contributed by atoms with Gasteiger partial charge in [0.25, 0.3) is 0 Å². The van der Waals surface area contributed by atoms with Crippen LogP contribution in [0.5, 0.6) is 11.5 Å². The first-order valence-corrected chi connectivity index (χ1v) is 8.12. The summed E-state index contributed by atoms with van der Waals surface area (Å²) in [7, 11) is 4.08. The van der Waals surface area contributed by atoms with Crippen LogP contribution in [-0.2, 0) is 4.79 Å². The van der Waals surface area contributed by atoms with Crippen molar-refractivity contribution in [3.05, 3.63) is 54.6 Å². The van der Waals surface area contributed by atoms with E-state index in [-0.39, 0.29) is 12.5 Å². The highest BCUT2D eigenvalue weighted by atomic mass is 16.5. The maximum atomic E-state index is 12.1. The van der Waals surface area contributed by atoms with Crippen LogP contribution in [0, 0.1) is 0 Å². The van der Waals surface area contributed by atoms with E-state index in [1.807, 2.05) is 68.7 Å². The average Bonchev–Trinajstić information content (AvgIpc) is 2.57. The number of nitrogens with zero attached hydrogens (tertiary/aromatic N) is 1. The minimum atomic E-state index is -0.0797. The summed E-state index contributed by atoms with van der Waals surface area (Å²) in [5.74, 6) is 1.29. The number of carbonyl (C=O) groups is 1. The van der Waals surface area contributed by atoms with Crippen molar-refractivity contribution >= 4 is 11.6 Å². The number of ether oxygens (including phenoxy) is 1. The second kappa shape index (κ2) is 9.70. The molecule has 2 aromatic carbocycles. The van der Waals surface area contributed by atoms with E-state index in [1.165, 1.54) is 0 Å². The van der Waals surface area contributed by atoms with Crippen molar-refractivity contribution < 1.29 is 9.53 Å². The molecule has 0 aliphatic carbocycles. The number of hydrogen-bond donors (Lipinski definition) is 2. The van der Waals surface area contributed by atoms with E-state index in [0.29, 0.717) is 11.4 Å². The van der Waals surface area contributed by atoms with Gasteiger partial charge in [0, 0.05) is 0 Å². The van der Waals surface area contributed by atoms with Crippen LogP contribution in [0.15, 0.2) is 54.6 Å². The number of rotatable bonds is 9. The highest BCUT2D eigenvalue weighted by Gasteiger charge is 2.08. The van der Waals surface area contributed by atoms with E-state index in [2.05, 4.69) is 15.5 Å². The van der Waals surface area contributed by atoms with Crippen molar-refractivity contribution in [3.8, 4) is 11.5 Å². The molecule has 2 aromatic rings. The molecule has 5 heteroatoms. The first kappa shape index (κ1) is 18.0. The highest BCUT2D eigenvalue weighted by molar-refractivity contribution is 5.93. The summed E-state index contributed by atoms with van der Waals surface area (Å²) in [6.07, 6.45) is 1.01. The van der Waals surface area contributed by atoms with Gasteiger partial charge in [-0.2, -0.15) is 0 Å². The summed E-state index contributed by atoms with van der Waals surface area (Å²) in [6, 6.07) is 16.9. The number of carbonyl (C=O) groups excluding carboxylic acids is 1. The monoisotopic (exact) mass is 327 g/mol. The van der Waals surface area contributed by atoms with Gasteiger partial charge >= 0.3 is 0 Å². The Bertz CT molecular complexity index is 630. The zero-order chi connectivity index (χ0) is 17.2. The van der Waals surface area contributed by atoms with Gasteiger partial charge in [-0.25, -0.2) is 0 Å². The summed E-state index contributed by atoms with van der Waals surface area (Å²) in [5, 5.41) is 6.04.